The van der Waals surface area contributed by atoms with E-state index in [0.717, 1.165) is 99.0 Å². The number of amides is 1. The van der Waals surface area contributed by atoms with Crippen molar-refractivity contribution in [2.75, 3.05) is 73.5 Å². The lowest BCUT2D eigenvalue weighted by atomic mass is 9.97. The maximum atomic E-state index is 12.3. The van der Waals surface area contributed by atoms with Crippen LogP contribution < -0.4 is 22.2 Å². The molecule has 6 unspecified atom stereocenters. The molecule has 18 nitrogen and oxygen atoms in total. The number of benzene rings is 6. The lowest BCUT2D eigenvalue weighted by Gasteiger charge is -2.12. The smallest absolute Gasteiger partial charge is 0.337 e. The number of rotatable bonds is 28. The summed E-state index contributed by atoms with van der Waals surface area (Å²) in [5, 5.41) is 28.9. The quantitative estimate of drug-likeness (QED) is 0.0136. The number of nitrogens with two attached hydrogens (primary N) is 1. The van der Waals surface area contributed by atoms with E-state index in [1.54, 1.807) is 52.7 Å². The average molecular weight is 1780 g/mol. The number of aromatic carboxylic acids is 1. The number of esters is 1. The number of aliphatic carboxylic acids is 1. The Hall–Kier alpha value is -6.97. The maximum absolute atomic E-state index is 12.3. The highest BCUT2D eigenvalue weighted by atomic mass is 127. The molecular formula is C85H114Br3IN4O14. The number of nitrogens with one attached hydrogen (secondary N) is 3. The first-order valence-corrected chi connectivity index (χ1v) is 39.9. The highest BCUT2D eigenvalue weighted by Crippen LogP contribution is 2.26. The van der Waals surface area contributed by atoms with Crippen molar-refractivity contribution in [1.29, 1.82) is 0 Å². The molecule has 2 heterocycles. The molecule has 0 radical (unpaired) electrons. The Balaban J connectivity index is 0.000000633. The van der Waals surface area contributed by atoms with Crippen molar-refractivity contribution in [2.24, 2.45) is 5.73 Å². The van der Waals surface area contributed by atoms with Crippen molar-refractivity contribution in [3.8, 4) is 0 Å². The maximum Gasteiger partial charge on any atom is 0.337 e. The van der Waals surface area contributed by atoms with Crippen LogP contribution in [0.1, 0.15) is 214 Å². The van der Waals surface area contributed by atoms with Gasteiger partial charge in [-0.3, -0.25) is 19.2 Å². The Labute approximate surface area is 673 Å². The van der Waals surface area contributed by atoms with Crippen LogP contribution in [0.3, 0.4) is 0 Å². The Kier molecular flexibility index (Phi) is 51.6. The Morgan fingerprint density at radius 1 is 0.449 bits per heavy atom. The minimum absolute atomic E-state index is 0.0648. The van der Waals surface area contributed by atoms with E-state index in [0.29, 0.717) is 70.6 Å². The number of H-pyrrole nitrogens is 2. The molecule has 0 aliphatic rings. The van der Waals surface area contributed by atoms with Crippen LogP contribution in [-0.4, -0.2) is 123 Å². The predicted octanol–water partition coefficient (Wildman–Crippen LogP) is 19.3. The normalized spacial score (nSPS) is 12.0. The first kappa shape index (κ1) is 98.0. The van der Waals surface area contributed by atoms with Crippen molar-refractivity contribution in [1.82, 2.24) is 15.3 Å². The number of aromatic nitrogens is 2. The zero-order chi connectivity index (χ0) is 80.6. The van der Waals surface area contributed by atoms with Crippen LogP contribution in [0.4, 0.5) is 0 Å². The van der Waals surface area contributed by atoms with Crippen molar-refractivity contribution in [3.05, 3.63) is 276 Å². The summed E-state index contributed by atoms with van der Waals surface area (Å²) < 4.78 is 28.1. The number of pyridine rings is 2. The van der Waals surface area contributed by atoms with Gasteiger partial charge in [0.2, 0.25) is 0 Å². The minimum Gasteiger partial charge on any atom is -0.481 e. The third-order valence-electron chi connectivity index (χ3n) is 17.4. The number of aliphatic hydroxyl groups excluding tert-OH is 1. The molecule has 0 saturated heterocycles. The van der Waals surface area contributed by atoms with Crippen LogP contribution in [0.15, 0.2) is 181 Å². The Bertz CT molecular complexity index is 3920. The van der Waals surface area contributed by atoms with E-state index in [2.05, 4.69) is 161 Å². The molecule has 0 fully saturated rings. The van der Waals surface area contributed by atoms with Crippen molar-refractivity contribution in [3.63, 3.8) is 0 Å². The fraction of sp³-hybridized carbons (Fsp3) is 0.412. The summed E-state index contributed by atoms with van der Waals surface area (Å²) >= 11 is 12.3. The summed E-state index contributed by atoms with van der Waals surface area (Å²) in [6.45, 7) is 23.9. The lowest BCUT2D eigenvalue weighted by molar-refractivity contribution is -0.137. The van der Waals surface area contributed by atoms with Crippen molar-refractivity contribution in [2.45, 2.75) is 156 Å². The number of carboxylic acids is 2. The van der Waals surface area contributed by atoms with Crippen LogP contribution >= 0.6 is 70.4 Å². The number of methoxy groups -OCH3 is 5. The molecule has 1 amide bonds. The third-order valence-corrected chi connectivity index (χ3v) is 19.0. The van der Waals surface area contributed by atoms with Crippen LogP contribution in [0.25, 0.3) is 0 Å². The third kappa shape index (κ3) is 39.8. The van der Waals surface area contributed by atoms with Crippen LogP contribution in [0.2, 0.25) is 0 Å². The second-order valence-electron chi connectivity index (χ2n) is 25.7. The summed E-state index contributed by atoms with van der Waals surface area (Å²) in [5.41, 5.74) is 18.7. The number of hydrogen-bond acceptors (Lipinski definition) is 13. The largest absolute Gasteiger partial charge is 0.481 e. The number of carbonyl (C=O) groups excluding carboxylic acids is 2. The molecule has 22 heteroatoms. The molecule has 2 aromatic heterocycles. The van der Waals surface area contributed by atoms with Gasteiger partial charge < -0.3 is 60.0 Å². The van der Waals surface area contributed by atoms with Gasteiger partial charge in [0.05, 0.1) is 24.7 Å². The van der Waals surface area contributed by atoms with Crippen molar-refractivity contribution >= 4 is 94.2 Å². The molecule has 8 rings (SSSR count). The average Bonchev–Trinajstić information content (AvgIpc) is 0.841. The number of aliphatic hydroxyl groups is 1. The first-order valence-electron chi connectivity index (χ1n) is 35.4. The van der Waals surface area contributed by atoms with E-state index in [9.17, 15) is 28.8 Å². The summed E-state index contributed by atoms with van der Waals surface area (Å²) in [6.07, 6.45) is 4.97. The van der Waals surface area contributed by atoms with E-state index in [1.165, 1.54) is 29.4 Å². The van der Waals surface area contributed by atoms with Gasteiger partial charge in [-0.2, -0.15) is 0 Å². The second kappa shape index (κ2) is 56.3. The van der Waals surface area contributed by atoms with E-state index < -0.39 is 11.9 Å². The van der Waals surface area contributed by atoms with Gasteiger partial charge in [-0.1, -0.05) is 185 Å². The Morgan fingerprint density at radius 2 is 0.738 bits per heavy atom. The second-order valence-corrected chi connectivity index (χ2v) is 28.5. The van der Waals surface area contributed by atoms with Gasteiger partial charge in [-0.25, -0.2) is 9.59 Å². The molecule has 586 valence electrons. The lowest BCUT2D eigenvalue weighted by Crippen LogP contribution is -2.27. The zero-order valence-corrected chi connectivity index (χ0v) is 72.0. The molecule has 6 aromatic carbocycles. The van der Waals surface area contributed by atoms with Gasteiger partial charge >= 0.3 is 17.9 Å². The SMILES string of the molecule is CC(CC(=O)O)c1ccc(Br)cc1.CC(CCO)c1ccc(Br)cc1.CI.COCCC(C)c1ccc(Br)cc1.COCCC(C)c1ccc(C(=O)NCc2c(C)cc(C)[nH]c2=O)cc1.COCCC(C)c1ccc(C(=O)O)cc1.COCCC(C)c1ccc(C(=O)OC)cc1.Cc1cc(C)c(CN)c(=O)[nH]1. The molecule has 0 aliphatic heterocycles. The molecule has 107 heavy (non-hydrogen) atoms. The monoisotopic (exact) mass is 1780 g/mol. The fourth-order valence-electron chi connectivity index (χ4n) is 10.4. The topological polar surface area (TPSA) is 279 Å². The van der Waals surface area contributed by atoms with Crippen LogP contribution in [0, 0.1) is 27.7 Å². The number of carbonyl (C=O) groups is 4. The van der Waals surface area contributed by atoms with Gasteiger partial charge in [-0.15, -0.1) is 0 Å². The summed E-state index contributed by atoms with van der Waals surface area (Å²) in [4.78, 5) is 75.2. The molecule has 8 N–H and O–H groups in total. The molecule has 0 saturated carbocycles. The summed E-state index contributed by atoms with van der Waals surface area (Å²) in [7, 11) is 8.21. The minimum atomic E-state index is -0.883. The van der Waals surface area contributed by atoms with Gasteiger partial charge in [0.1, 0.15) is 0 Å². The number of hydrogen-bond donors (Lipinski definition) is 7. The number of alkyl halides is 1. The van der Waals surface area contributed by atoms with Gasteiger partial charge in [-0.05, 0) is 230 Å². The molecule has 8 aromatic rings. The summed E-state index contributed by atoms with van der Waals surface area (Å²) in [5.74, 6) is 0.195. The molecular weight excluding hydrogens is 1670 g/mol. The van der Waals surface area contributed by atoms with Gasteiger partial charge in [0.15, 0.2) is 0 Å². The first-order chi connectivity index (χ1) is 51.0. The molecule has 0 spiro atoms. The number of aryl methyl sites for hydroxylation is 4. The van der Waals surface area contributed by atoms with E-state index in [4.69, 9.17) is 40.0 Å². The highest BCUT2D eigenvalue weighted by Gasteiger charge is 2.15. The zero-order valence-electron chi connectivity index (χ0n) is 65.1. The molecule has 0 aliphatic carbocycles. The standard InChI is InChI=1S/C20H26N2O3.C13H18O3.C12H16O3.C11H15BrO.C10H11BrO2.C10H13BrO.C8H12N2O.CH3I/c1-13(9-10-25-4)16-5-7-17(8-6-16)19(23)21-12-18-14(2)11-15(3)22-20(18)24;1-10(8-9-15-2)11-4-6-12(7-5-11)13(14)16-3;1-9(7-8-15-2)10-3-5-11(6-4-10)12(13)14;1-9(7-8-13-2)10-3-5-11(12)6-4-10;1-7(6-10(12)13)8-2-4-9(11)5-3-8;1-8(6-7-12)9-2-4-10(11)5-3-9;1-5-3-6(2)10-8(11)7(5)4-9;1-2/h5-8,11,13H,9-10,12H2,1-4H3,(H,21,23)(H,22,24);4-7,10H,8-9H2,1-3H3;3-6,9H,7-8H2,1-2H3,(H,13,14);3-6,9H,7-8H2,1-2H3;2-5,7H,6H2,1H3,(H,12,13);2-5,8,12H,6-7H2,1H3;3H,4,9H2,1-2H3,(H,10,11);1H3. The fourth-order valence-corrected chi connectivity index (χ4v) is 11.2. The predicted molar refractivity (Wildman–Crippen MR) is 453 cm³/mol. The van der Waals surface area contributed by atoms with Crippen molar-refractivity contribution < 1.29 is 58.2 Å². The number of halogens is 4. The van der Waals surface area contributed by atoms with E-state index in [-0.39, 0.29) is 48.5 Å². The van der Waals surface area contributed by atoms with Gasteiger partial charge in [0, 0.05) is 116 Å². The van der Waals surface area contributed by atoms with E-state index in [1.807, 2.05) is 137 Å². The summed E-state index contributed by atoms with van der Waals surface area (Å²) in [6, 6.07) is 50.4. The van der Waals surface area contributed by atoms with Crippen LogP contribution in [-0.2, 0) is 41.6 Å². The van der Waals surface area contributed by atoms with Gasteiger partial charge in [0.25, 0.3) is 17.0 Å². The Morgan fingerprint density at radius 3 is 1.02 bits per heavy atom. The number of ether oxygens (including phenoxy) is 5. The van der Waals surface area contributed by atoms with E-state index >= 15 is 0 Å². The molecule has 6 atom stereocenters. The molecule has 0 bridgehead atoms. The highest BCUT2D eigenvalue weighted by molar-refractivity contribution is 14.1. The van der Waals surface area contributed by atoms with Crippen LogP contribution in [0.5, 0.6) is 0 Å². The number of aromatic amines is 2. The number of carboxylic acid groups (broad SMARTS) is 2.